The van der Waals surface area contributed by atoms with E-state index >= 15 is 0 Å². The summed E-state index contributed by atoms with van der Waals surface area (Å²) in [6.07, 6.45) is 0. The molecule has 0 bridgehead atoms. The van der Waals surface area contributed by atoms with Gasteiger partial charge >= 0.3 is 0 Å². The summed E-state index contributed by atoms with van der Waals surface area (Å²) in [5, 5.41) is 34.0. The molecular weight excluding hydrogens is 399 g/mol. The second-order valence-electron chi connectivity index (χ2n) is 6.40. The third-order valence-electron chi connectivity index (χ3n) is 4.15. The van der Waals surface area contributed by atoms with Gasteiger partial charge in [-0.15, -0.1) is 0 Å². The highest BCUT2D eigenvalue weighted by molar-refractivity contribution is 6.31. The lowest BCUT2D eigenvalue weighted by molar-refractivity contribution is 0.463. The highest BCUT2D eigenvalue weighted by Gasteiger charge is 2.02. The van der Waals surface area contributed by atoms with Crippen molar-refractivity contribution in [1.29, 1.82) is 0 Å². The molecule has 0 aliphatic heterocycles. The summed E-state index contributed by atoms with van der Waals surface area (Å²) < 4.78 is 0. The van der Waals surface area contributed by atoms with Crippen molar-refractivity contribution in [3.8, 4) is 11.5 Å². The molecule has 0 fully saturated rings. The van der Waals surface area contributed by atoms with Crippen molar-refractivity contribution < 1.29 is 10.2 Å². The highest BCUT2D eigenvalue weighted by Crippen LogP contribution is 2.21. The van der Waals surface area contributed by atoms with Crippen LogP contribution in [0, 0.1) is 0 Å². The number of benzene rings is 2. The molecule has 0 saturated heterocycles. The van der Waals surface area contributed by atoms with Gasteiger partial charge in [-0.3, -0.25) is 0 Å². The highest BCUT2D eigenvalue weighted by atomic mass is 35.5. The van der Waals surface area contributed by atoms with Gasteiger partial charge in [0, 0.05) is 73.5 Å². The van der Waals surface area contributed by atoms with Crippen LogP contribution in [0.2, 0.25) is 10.0 Å². The van der Waals surface area contributed by atoms with Crippen LogP contribution in [0.15, 0.2) is 36.4 Å². The van der Waals surface area contributed by atoms with Gasteiger partial charge in [-0.25, -0.2) is 0 Å². The molecule has 2 aromatic carbocycles. The van der Waals surface area contributed by atoms with E-state index in [0.717, 1.165) is 50.4 Å². The molecule has 0 atom stereocenters. The summed E-state index contributed by atoms with van der Waals surface area (Å²) in [4.78, 5) is 0. The Morgan fingerprint density at radius 3 is 1.32 bits per heavy atom. The SMILES string of the molecule is Oc1ccc(Cl)cc1CNCCNCCNCCNCc1cc(Cl)ccc1O. The van der Waals surface area contributed by atoms with E-state index in [1.54, 1.807) is 36.4 Å². The Balaban J connectivity index is 1.41. The van der Waals surface area contributed by atoms with Crippen LogP contribution in [-0.2, 0) is 13.1 Å². The molecule has 28 heavy (non-hydrogen) atoms. The summed E-state index contributed by atoms with van der Waals surface area (Å²) >= 11 is 11.8. The standard InChI is InChI=1S/C20H28Cl2N4O2/c21-17-1-3-19(27)15(11-17)13-25-9-7-23-5-6-24-8-10-26-14-16-12-18(22)2-4-20(16)28/h1-4,11-12,23-28H,5-10,13-14H2. The number of aromatic hydroxyl groups is 2. The van der Waals surface area contributed by atoms with Gasteiger partial charge in [-0.1, -0.05) is 23.2 Å². The lowest BCUT2D eigenvalue weighted by atomic mass is 10.2. The molecule has 154 valence electrons. The largest absolute Gasteiger partial charge is 0.508 e. The van der Waals surface area contributed by atoms with Crippen molar-refractivity contribution >= 4 is 23.2 Å². The molecule has 6 N–H and O–H groups in total. The van der Waals surface area contributed by atoms with Crippen LogP contribution in [0.1, 0.15) is 11.1 Å². The van der Waals surface area contributed by atoms with Gasteiger partial charge in [-0.2, -0.15) is 0 Å². The number of phenols is 2. The molecule has 0 radical (unpaired) electrons. The maximum Gasteiger partial charge on any atom is 0.120 e. The first kappa shape index (κ1) is 22.7. The van der Waals surface area contributed by atoms with Gasteiger partial charge in [0.25, 0.3) is 0 Å². The predicted molar refractivity (Wildman–Crippen MR) is 115 cm³/mol. The van der Waals surface area contributed by atoms with Gasteiger partial charge in [0.2, 0.25) is 0 Å². The Bertz CT molecular complexity index is 670. The fourth-order valence-corrected chi connectivity index (χ4v) is 3.01. The summed E-state index contributed by atoms with van der Waals surface area (Å²) in [7, 11) is 0. The number of phenolic OH excluding ortho intramolecular Hbond substituents is 2. The Hall–Kier alpha value is -1.54. The normalized spacial score (nSPS) is 11.1. The van der Waals surface area contributed by atoms with Crippen molar-refractivity contribution in [1.82, 2.24) is 21.3 Å². The molecule has 6 nitrogen and oxygen atoms in total. The first-order chi connectivity index (χ1) is 13.6. The zero-order valence-corrected chi connectivity index (χ0v) is 17.3. The number of hydrogen-bond donors (Lipinski definition) is 6. The second kappa shape index (κ2) is 12.8. The second-order valence-corrected chi connectivity index (χ2v) is 7.27. The van der Waals surface area contributed by atoms with E-state index in [-0.39, 0.29) is 11.5 Å². The maximum atomic E-state index is 9.74. The zero-order chi connectivity index (χ0) is 20.2. The molecule has 2 aromatic rings. The number of hydrogen-bond acceptors (Lipinski definition) is 6. The third-order valence-corrected chi connectivity index (χ3v) is 4.62. The molecule has 8 heteroatoms. The lowest BCUT2D eigenvalue weighted by Crippen LogP contribution is -2.35. The van der Waals surface area contributed by atoms with E-state index in [0.29, 0.717) is 23.1 Å². The Morgan fingerprint density at radius 2 is 0.929 bits per heavy atom. The number of nitrogens with one attached hydrogen (secondary N) is 4. The van der Waals surface area contributed by atoms with Crippen LogP contribution in [0.25, 0.3) is 0 Å². The minimum Gasteiger partial charge on any atom is -0.508 e. The van der Waals surface area contributed by atoms with E-state index in [1.807, 2.05) is 0 Å². The molecule has 0 amide bonds. The molecule has 0 aliphatic carbocycles. The zero-order valence-electron chi connectivity index (χ0n) is 15.8. The van der Waals surface area contributed by atoms with Gasteiger partial charge < -0.3 is 31.5 Å². The van der Waals surface area contributed by atoms with E-state index in [2.05, 4.69) is 21.3 Å². The summed E-state index contributed by atoms with van der Waals surface area (Å²) in [6, 6.07) is 10.1. The Labute approximate surface area is 176 Å². The van der Waals surface area contributed by atoms with Crippen molar-refractivity contribution in [2.75, 3.05) is 39.3 Å². The summed E-state index contributed by atoms with van der Waals surface area (Å²) in [6.45, 7) is 6.20. The number of halogens is 2. The first-order valence-corrected chi connectivity index (χ1v) is 10.1. The molecule has 0 saturated carbocycles. The van der Waals surface area contributed by atoms with Gasteiger partial charge in [0.05, 0.1) is 0 Å². The molecule has 0 aromatic heterocycles. The molecule has 0 spiro atoms. The average molecular weight is 427 g/mol. The smallest absolute Gasteiger partial charge is 0.120 e. The third kappa shape index (κ3) is 8.65. The summed E-state index contributed by atoms with van der Waals surface area (Å²) in [5.74, 6) is 0.515. The van der Waals surface area contributed by atoms with Gasteiger partial charge in [-0.05, 0) is 36.4 Å². The molecule has 0 heterocycles. The van der Waals surface area contributed by atoms with E-state index in [9.17, 15) is 10.2 Å². The topological polar surface area (TPSA) is 88.6 Å². The van der Waals surface area contributed by atoms with E-state index < -0.39 is 0 Å². The lowest BCUT2D eigenvalue weighted by Gasteiger charge is -2.10. The van der Waals surface area contributed by atoms with Crippen LogP contribution in [-0.4, -0.2) is 49.5 Å². The number of rotatable bonds is 13. The van der Waals surface area contributed by atoms with Crippen molar-refractivity contribution in [2.24, 2.45) is 0 Å². The van der Waals surface area contributed by atoms with E-state index in [4.69, 9.17) is 23.2 Å². The van der Waals surface area contributed by atoms with Crippen LogP contribution < -0.4 is 21.3 Å². The summed E-state index contributed by atoms with van der Waals surface area (Å²) in [5.41, 5.74) is 1.60. The van der Waals surface area contributed by atoms with Gasteiger partial charge in [0.15, 0.2) is 0 Å². The monoisotopic (exact) mass is 426 g/mol. The minimum atomic E-state index is 0.258. The molecular formula is C20H28Cl2N4O2. The van der Waals surface area contributed by atoms with Crippen molar-refractivity contribution in [3.63, 3.8) is 0 Å². The van der Waals surface area contributed by atoms with Crippen LogP contribution in [0.3, 0.4) is 0 Å². The van der Waals surface area contributed by atoms with E-state index in [1.165, 1.54) is 0 Å². The molecule has 2 rings (SSSR count). The molecule has 0 aliphatic rings. The van der Waals surface area contributed by atoms with Gasteiger partial charge in [0.1, 0.15) is 11.5 Å². The van der Waals surface area contributed by atoms with Crippen LogP contribution in [0.5, 0.6) is 11.5 Å². The Morgan fingerprint density at radius 1 is 0.571 bits per heavy atom. The van der Waals surface area contributed by atoms with Crippen molar-refractivity contribution in [2.45, 2.75) is 13.1 Å². The minimum absolute atomic E-state index is 0.258. The van der Waals surface area contributed by atoms with Crippen LogP contribution >= 0.6 is 23.2 Å². The quantitative estimate of drug-likeness (QED) is 0.276. The fraction of sp³-hybridized carbons (Fsp3) is 0.400. The average Bonchev–Trinajstić information content (AvgIpc) is 2.67. The maximum absolute atomic E-state index is 9.74. The van der Waals surface area contributed by atoms with Crippen molar-refractivity contribution in [3.05, 3.63) is 57.6 Å². The first-order valence-electron chi connectivity index (χ1n) is 9.34. The van der Waals surface area contributed by atoms with Crippen LogP contribution in [0.4, 0.5) is 0 Å². The Kier molecular flexibility index (Phi) is 10.4. The fourth-order valence-electron chi connectivity index (χ4n) is 2.62. The molecule has 0 unspecified atom stereocenters. The predicted octanol–water partition coefficient (Wildman–Crippen LogP) is 2.46.